The monoisotopic (exact) mass is 335 g/mol. The second-order valence-corrected chi connectivity index (χ2v) is 4.35. The number of halogens is 1. The summed E-state index contributed by atoms with van der Waals surface area (Å²) in [6.45, 7) is 0.839. The molecule has 0 aliphatic carbocycles. The summed E-state index contributed by atoms with van der Waals surface area (Å²) in [5.74, 6) is 1.73. The fourth-order valence-electron chi connectivity index (χ4n) is 2.00. The van der Waals surface area contributed by atoms with E-state index in [0.29, 0.717) is 0 Å². The van der Waals surface area contributed by atoms with Crippen molar-refractivity contribution >= 4 is 34.5 Å². The molecule has 0 N–H and O–H groups in total. The molecule has 3 rings (SSSR count). The predicted molar refractivity (Wildman–Crippen MR) is 78.3 cm³/mol. The highest BCUT2D eigenvalue weighted by atomic mass is 127. The highest BCUT2D eigenvalue weighted by Gasteiger charge is 2.18. The van der Waals surface area contributed by atoms with Crippen molar-refractivity contribution in [1.82, 2.24) is 4.90 Å². The first-order valence-electron chi connectivity index (χ1n) is 5.36. The predicted octanol–water partition coefficient (Wildman–Crippen LogP) is 3.08. The van der Waals surface area contributed by atoms with Crippen LogP contribution in [0.5, 0.6) is 0 Å². The van der Waals surface area contributed by atoms with E-state index >= 15 is 0 Å². The lowest BCUT2D eigenvalue weighted by Gasteiger charge is -2.20. The maximum absolute atomic E-state index is 4.60. The van der Waals surface area contributed by atoms with Gasteiger partial charge in [-0.1, -0.05) is 30.3 Å². The highest BCUT2D eigenvalue weighted by Crippen LogP contribution is 2.20. The number of nitrogens with zero attached hydrogens (tertiary/aromatic N) is 3. The SMILES string of the molecule is I/N=C1/N=C2C=CC=CN2Cc2ccccc21. The first-order chi connectivity index (χ1) is 8.38. The molecule has 0 atom stereocenters. The molecule has 3 nitrogen and oxygen atoms in total. The Morgan fingerprint density at radius 1 is 1.24 bits per heavy atom. The number of aliphatic imine (C=N–C) groups is 1. The first kappa shape index (κ1) is 10.7. The third kappa shape index (κ3) is 1.93. The summed E-state index contributed by atoms with van der Waals surface area (Å²) >= 11 is 2.00. The molecule has 2 aliphatic rings. The van der Waals surface area contributed by atoms with Crippen molar-refractivity contribution in [2.75, 3.05) is 0 Å². The maximum Gasteiger partial charge on any atom is 0.168 e. The molecule has 0 saturated carbocycles. The van der Waals surface area contributed by atoms with Gasteiger partial charge in [0.05, 0.1) is 22.9 Å². The third-order valence-corrected chi connectivity index (χ3v) is 3.27. The summed E-state index contributed by atoms with van der Waals surface area (Å²) in [7, 11) is 0. The lowest BCUT2D eigenvalue weighted by molar-refractivity contribution is 0.556. The molecule has 0 bridgehead atoms. The molecule has 17 heavy (non-hydrogen) atoms. The van der Waals surface area contributed by atoms with Gasteiger partial charge in [0.2, 0.25) is 0 Å². The van der Waals surface area contributed by atoms with E-state index in [1.54, 1.807) is 0 Å². The quantitative estimate of drug-likeness (QED) is 0.670. The Kier molecular flexibility index (Phi) is 2.80. The highest BCUT2D eigenvalue weighted by molar-refractivity contribution is 14.1. The molecule has 0 amide bonds. The summed E-state index contributed by atoms with van der Waals surface area (Å²) in [5, 5.41) is 0. The molecule has 1 aromatic rings. The standard InChI is InChI=1S/C13H10IN3/c14-16-13-11-6-2-1-5-10(11)9-17-8-4-3-7-12(17)15-13/h1-8H,9H2/b16-13+. The Balaban J connectivity index is 2.17. The zero-order chi connectivity index (χ0) is 11.7. The molecule has 4 heteroatoms. The summed E-state index contributed by atoms with van der Waals surface area (Å²) in [6, 6.07) is 8.28. The van der Waals surface area contributed by atoms with Crippen LogP contribution >= 0.6 is 22.9 Å². The van der Waals surface area contributed by atoms with Gasteiger partial charge in [-0.15, -0.1) is 0 Å². The van der Waals surface area contributed by atoms with Gasteiger partial charge in [0.25, 0.3) is 0 Å². The number of rotatable bonds is 0. The van der Waals surface area contributed by atoms with Gasteiger partial charge in [-0.2, -0.15) is 3.21 Å². The zero-order valence-corrected chi connectivity index (χ0v) is 11.2. The van der Waals surface area contributed by atoms with Crippen LogP contribution in [-0.4, -0.2) is 16.6 Å². The van der Waals surface area contributed by atoms with Gasteiger partial charge in [-0.05, 0) is 17.7 Å². The molecule has 2 heterocycles. The minimum absolute atomic E-state index is 0.790. The van der Waals surface area contributed by atoms with Gasteiger partial charge in [-0.25, -0.2) is 4.99 Å². The van der Waals surface area contributed by atoms with Crippen LogP contribution in [0.15, 0.2) is 56.9 Å². The maximum atomic E-state index is 4.60. The average molecular weight is 335 g/mol. The second kappa shape index (κ2) is 4.44. The number of amidine groups is 2. The Bertz CT molecular complexity index is 570. The van der Waals surface area contributed by atoms with E-state index in [-0.39, 0.29) is 0 Å². The van der Waals surface area contributed by atoms with E-state index in [2.05, 4.69) is 31.3 Å². The second-order valence-electron chi connectivity index (χ2n) is 3.86. The molecular weight excluding hydrogens is 325 g/mol. The van der Waals surface area contributed by atoms with Crippen LogP contribution in [0.4, 0.5) is 0 Å². The molecule has 0 radical (unpaired) electrons. The van der Waals surface area contributed by atoms with Gasteiger partial charge < -0.3 is 4.90 Å². The van der Waals surface area contributed by atoms with Crippen LogP contribution in [0.1, 0.15) is 11.1 Å². The largest absolute Gasteiger partial charge is 0.329 e. The van der Waals surface area contributed by atoms with Crippen molar-refractivity contribution in [2.45, 2.75) is 6.54 Å². The number of hydrogen-bond donors (Lipinski definition) is 0. The Morgan fingerprint density at radius 3 is 3.00 bits per heavy atom. The number of allylic oxidation sites excluding steroid dienone is 2. The van der Waals surface area contributed by atoms with Gasteiger partial charge in [0.1, 0.15) is 5.84 Å². The molecule has 2 aliphatic heterocycles. The van der Waals surface area contributed by atoms with Crippen molar-refractivity contribution in [2.24, 2.45) is 8.20 Å². The molecule has 1 aromatic carbocycles. The van der Waals surface area contributed by atoms with E-state index in [0.717, 1.165) is 23.8 Å². The van der Waals surface area contributed by atoms with Crippen LogP contribution < -0.4 is 0 Å². The lowest BCUT2D eigenvalue weighted by atomic mass is 10.1. The Morgan fingerprint density at radius 2 is 2.12 bits per heavy atom. The van der Waals surface area contributed by atoms with Crippen LogP contribution in [-0.2, 0) is 6.54 Å². The minimum Gasteiger partial charge on any atom is -0.329 e. The van der Waals surface area contributed by atoms with Crippen LogP contribution in [0.3, 0.4) is 0 Å². The van der Waals surface area contributed by atoms with E-state index < -0.39 is 0 Å². The van der Waals surface area contributed by atoms with Crippen LogP contribution in [0, 0.1) is 0 Å². The summed E-state index contributed by atoms with van der Waals surface area (Å²) < 4.78 is 4.25. The number of fused-ring (bicyclic) bond motifs is 2. The minimum atomic E-state index is 0.790. The smallest absolute Gasteiger partial charge is 0.168 e. The van der Waals surface area contributed by atoms with Crippen molar-refractivity contribution in [3.05, 3.63) is 59.8 Å². The van der Waals surface area contributed by atoms with E-state index in [9.17, 15) is 0 Å². The van der Waals surface area contributed by atoms with Crippen molar-refractivity contribution in [3.8, 4) is 0 Å². The molecular formula is C13H10IN3. The van der Waals surface area contributed by atoms with E-state index in [4.69, 9.17) is 0 Å². The number of hydrogen-bond acceptors (Lipinski definition) is 2. The fourth-order valence-corrected chi connectivity index (χ4v) is 2.36. The molecule has 0 fully saturated rings. The molecule has 84 valence electrons. The van der Waals surface area contributed by atoms with Gasteiger partial charge >= 0.3 is 0 Å². The summed E-state index contributed by atoms with van der Waals surface area (Å²) in [6.07, 6.45) is 8.07. The Labute approximate surface area is 114 Å². The number of benzene rings is 1. The zero-order valence-electron chi connectivity index (χ0n) is 9.05. The average Bonchev–Trinajstić information content (AvgIpc) is 2.54. The Hall–Kier alpha value is -1.43. The molecule has 0 aromatic heterocycles. The molecule has 0 saturated heterocycles. The topological polar surface area (TPSA) is 28.0 Å². The fraction of sp³-hybridized carbons (Fsp3) is 0.0769. The normalized spacial score (nSPS) is 19.7. The van der Waals surface area contributed by atoms with E-state index in [1.807, 2.05) is 53.4 Å². The van der Waals surface area contributed by atoms with Crippen LogP contribution in [0.2, 0.25) is 0 Å². The van der Waals surface area contributed by atoms with Crippen molar-refractivity contribution in [3.63, 3.8) is 0 Å². The summed E-state index contributed by atoms with van der Waals surface area (Å²) in [5.41, 5.74) is 2.37. The molecule has 0 unspecified atom stereocenters. The first-order valence-corrected chi connectivity index (χ1v) is 6.32. The van der Waals surface area contributed by atoms with Gasteiger partial charge in [0, 0.05) is 18.3 Å². The van der Waals surface area contributed by atoms with E-state index in [1.165, 1.54) is 5.56 Å². The lowest BCUT2D eigenvalue weighted by Crippen LogP contribution is -2.24. The third-order valence-electron chi connectivity index (χ3n) is 2.82. The van der Waals surface area contributed by atoms with Gasteiger partial charge in [-0.3, -0.25) is 0 Å². The van der Waals surface area contributed by atoms with Crippen LogP contribution in [0.25, 0.3) is 0 Å². The van der Waals surface area contributed by atoms with Gasteiger partial charge in [0.15, 0.2) is 5.84 Å². The molecule has 0 spiro atoms. The summed E-state index contributed by atoms with van der Waals surface area (Å²) in [4.78, 5) is 6.74. The van der Waals surface area contributed by atoms with Crippen molar-refractivity contribution in [1.29, 1.82) is 0 Å². The van der Waals surface area contributed by atoms with Crippen molar-refractivity contribution < 1.29 is 0 Å².